The maximum absolute atomic E-state index is 11.5. The number of nitro groups is 1. The number of esters is 1. The van der Waals surface area contributed by atoms with E-state index in [1.54, 1.807) is 19.9 Å². The van der Waals surface area contributed by atoms with Crippen LogP contribution in [0, 0.1) is 10.1 Å². The van der Waals surface area contributed by atoms with Crippen molar-refractivity contribution in [2.45, 2.75) is 19.8 Å². The Morgan fingerprint density at radius 3 is 2.76 bits per heavy atom. The van der Waals surface area contributed by atoms with Crippen molar-refractivity contribution in [1.29, 1.82) is 0 Å². The second-order valence-electron chi connectivity index (χ2n) is 3.41. The van der Waals surface area contributed by atoms with E-state index in [0.29, 0.717) is 5.56 Å². The summed E-state index contributed by atoms with van der Waals surface area (Å²) < 4.78 is 4.85. The van der Waals surface area contributed by atoms with Crippen molar-refractivity contribution in [2.75, 3.05) is 6.61 Å². The minimum atomic E-state index is -0.623. The SMILES string of the molecule is CCOC(=O)C(C)c1cccc([N+](=O)[O-])c1Cl. The minimum Gasteiger partial charge on any atom is -0.466 e. The van der Waals surface area contributed by atoms with Crippen LogP contribution in [-0.4, -0.2) is 17.5 Å². The predicted molar refractivity (Wildman–Crippen MR) is 63.2 cm³/mol. The van der Waals surface area contributed by atoms with Crippen LogP contribution in [0.1, 0.15) is 25.3 Å². The highest BCUT2D eigenvalue weighted by Crippen LogP contribution is 2.32. The number of benzene rings is 1. The van der Waals surface area contributed by atoms with E-state index >= 15 is 0 Å². The molecule has 1 aromatic carbocycles. The number of rotatable bonds is 4. The summed E-state index contributed by atoms with van der Waals surface area (Å²) in [7, 11) is 0. The van der Waals surface area contributed by atoms with Gasteiger partial charge in [0.05, 0.1) is 17.4 Å². The van der Waals surface area contributed by atoms with Crippen molar-refractivity contribution in [1.82, 2.24) is 0 Å². The highest BCUT2D eigenvalue weighted by Gasteiger charge is 2.24. The average Bonchev–Trinajstić information content (AvgIpc) is 2.28. The first kappa shape index (κ1) is 13.4. The van der Waals surface area contributed by atoms with Crippen molar-refractivity contribution in [3.05, 3.63) is 38.9 Å². The van der Waals surface area contributed by atoms with Gasteiger partial charge in [-0.05, 0) is 19.4 Å². The third kappa shape index (κ3) is 2.94. The van der Waals surface area contributed by atoms with E-state index < -0.39 is 16.8 Å². The summed E-state index contributed by atoms with van der Waals surface area (Å²) in [5.74, 6) is -1.07. The quantitative estimate of drug-likeness (QED) is 0.472. The van der Waals surface area contributed by atoms with Gasteiger partial charge in [0, 0.05) is 6.07 Å². The summed E-state index contributed by atoms with van der Waals surface area (Å²) >= 11 is 5.89. The van der Waals surface area contributed by atoms with E-state index in [1.165, 1.54) is 12.1 Å². The highest BCUT2D eigenvalue weighted by atomic mass is 35.5. The van der Waals surface area contributed by atoms with Crippen LogP contribution in [0.5, 0.6) is 0 Å². The van der Waals surface area contributed by atoms with Crippen LogP contribution < -0.4 is 0 Å². The Hall–Kier alpha value is -1.62. The lowest BCUT2D eigenvalue weighted by atomic mass is 10.0. The van der Waals surface area contributed by atoms with Crippen LogP contribution in [-0.2, 0) is 9.53 Å². The molecule has 1 atom stereocenters. The van der Waals surface area contributed by atoms with Gasteiger partial charge in [-0.15, -0.1) is 0 Å². The van der Waals surface area contributed by atoms with E-state index in [-0.39, 0.29) is 17.3 Å². The number of hydrogen-bond donors (Lipinski definition) is 0. The Labute approximate surface area is 103 Å². The largest absolute Gasteiger partial charge is 0.466 e. The number of carbonyl (C=O) groups is 1. The normalized spacial score (nSPS) is 11.9. The molecule has 0 fully saturated rings. The standard InChI is InChI=1S/C11H12ClNO4/c1-3-17-11(14)7(2)8-5-4-6-9(10(8)12)13(15)16/h4-7H,3H2,1-2H3. The lowest BCUT2D eigenvalue weighted by Gasteiger charge is -2.12. The molecule has 6 heteroatoms. The minimum absolute atomic E-state index is 0.0157. The van der Waals surface area contributed by atoms with E-state index in [9.17, 15) is 14.9 Å². The Balaban J connectivity index is 3.10. The first-order valence-corrected chi connectivity index (χ1v) is 5.46. The van der Waals surface area contributed by atoms with Gasteiger partial charge in [0.15, 0.2) is 0 Å². The number of nitrogens with zero attached hydrogens (tertiary/aromatic N) is 1. The Kier molecular flexibility index (Phi) is 4.45. The second-order valence-corrected chi connectivity index (χ2v) is 3.79. The second kappa shape index (κ2) is 5.63. The molecule has 0 N–H and O–H groups in total. The van der Waals surface area contributed by atoms with Crippen LogP contribution in [0.3, 0.4) is 0 Å². The van der Waals surface area contributed by atoms with Gasteiger partial charge in [-0.25, -0.2) is 0 Å². The predicted octanol–water partition coefficient (Wildman–Crippen LogP) is 2.91. The fourth-order valence-electron chi connectivity index (χ4n) is 1.41. The van der Waals surface area contributed by atoms with E-state index in [2.05, 4.69) is 0 Å². The van der Waals surface area contributed by atoms with Gasteiger partial charge < -0.3 is 4.74 Å². The Morgan fingerprint density at radius 2 is 2.24 bits per heavy atom. The molecule has 0 saturated heterocycles. The molecule has 5 nitrogen and oxygen atoms in total. The fraction of sp³-hybridized carbons (Fsp3) is 0.364. The molecule has 0 radical (unpaired) electrons. The zero-order valence-electron chi connectivity index (χ0n) is 9.47. The van der Waals surface area contributed by atoms with E-state index in [1.807, 2.05) is 0 Å². The Morgan fingerprint density at radius 1 is 1.59 bits per heavy atom. The molecule has 0 amide bonds. The molecule has 92 valence electrons. The van der Waals surface area contributed by atoms with E-state index in [0.717, 1.165) is 0 Å². The number of halogens is 1. The molecule has 0 aromatic heterocycles. The van der Waals surface area contributed by atoms with Gasteiger partial charge in [-0.2, -0.15) is 0 Å². The first-order chi connectivity index (χ1) is 7.99. The monoisotopic (exact) mass is 257 g/mol. The molecule has 0 aliphatic carbocycles. The molecule has 0 aliphatic heterocycles. The maximum Gasteiger partial charge on any atom is 0.313 e. The highest BCUT2D eigenvalue weighted by molar-refractivity contribution is 6.33. The maximum atomic E-state index is 11.5. The topological polar surface area (TPSA) is 69.4 Å². The van der Waals surface area contributed by atoms with E-state index in [4.69, 9.17) is 16.3 Å². The molecule has 0 bridgehead atoms. The van der Waals surface area contributed by atoms with Crippen molar-refractivity contribution in [3.8, 4) is 0 Å². The van der Waals surface area contributed by atoms with Crippen molar-refractivity contribution >= 4 is 23.3 Å². The number of ether oxygens (including phenoxy) is 1. The fourth-order valence-corrected chi connectivity index (χ4v) is 1.77. The van der Waals surface area contributed by atoms with Crippen molar-refractivity contribution in [2.24, 2.45) is 0 Å². The van der Waals surface area contributed by atoms with Gasteiger partial charge >= 0.3 is 5.97 Å². The van der Waals surface area contributed by atoms with Gasteiger partial charge in [0.25, 0.3) is 5.69 Å². The number of nitro benzene ring substituents is 1. The van der Waals surface area contributed by atoms with Gasteiger partial charge in [-0.1, -0.05) is 23.7 Å². The zero-order valence-corrected chi connectivity index (χ0v) is 10.2. The molecule has 1 rings (SSSR count). The zero-order chi connectivity index (χ0) is 13.0. The molecule has 1 unspecified atom stereocenters. The molecule has 17 heavy (non-hydrogen) atoms. The molecule has 0 aliphatic rings. The van der Waals surface area contributed by atoms with Crippen LogP contribution in [0.2, 0.25) is 5.02 Å². The molecule has 0 saturated carbocycles. The van der Waals surface area contributed by atoms with Crippen molar-refractivity contribution < 1.29 is 14.5 Å². The average molecular weight is 258 g/mol. The van der Waals surface area contributed by atoms with Crippen molar-refractivity contribution in [3.63, 3.8) is 0 Å². The van der Waals surface area contributed by atoms with Gasteiger partial charge in [0.2, 0.25) is 0 Å². The summed E-state index contributed by atoms with van der Waals surface area (Å²) in [6.07, 6.45) is 0. The lowest BCUT2D eigenvalue weighted by Crippen LogP contribution is -2.13. The molecule has 0 spiro atoms. The summed E-state index contributed by atoms with van der Waals surface area (Å²) in [4.78, 5) is 21.6. The molecule has 0 heterocycles. The lowest BCUT2D eigenvalue weighted by molar-refractivity contribution is -0.384. The number of hydrogen-bond acceptors (Lipinski definition) is 4. The number of carbonyl (C=O) groups excluding carboxylic acids is 1. The third-order valence-corrected chi connectivity index (χ3v) is 2.72. The Bertz CT molecular complexity index is 447. The van der Waals surface area contributed by atoms with Crippen LogP contribution in [0.25, 0.3) is 0 Å². The smallest absolute Gasteiger partial charge is 0.313 e. The van der Waals surface area contributed by atoms with Gasteiger partial charge in [0.1, 0.15) is 5.02 Å². The molecule has 1 aromatic rings. The summed E-state index contributed by atoms with van der Waals surface area (Å²) in [6.45, 7) is 3.55. The molecular formula is C11H12ClNO4. The van der Waals surface area contributed by atoms with Crippen LogP contribution in [0.15, 0.2) is 18.2 Å². The first-order valence-electron chi connectivity index (χ1n) is 5.08. The van der Waals surface area contributed by atoms with Crippen LogP contribution >= 0.6 is 11.6 Å². The summed E-state index contributed by atoms with van der Waals surface area (Å²) in [5.41, 5.74) is 0.194. The summed E-state index contributed by atoms with van der Waals surface area (Å²) in [6, 6.07) is 4.37. The van der Waals surface area contributed by atoms with Crippen LogP contribution in [0.4, 0.5) is 5.69 Å². The molecular weight excluding hydrogens is 246 g/mol. The third-order valence-electron chi connectivity index (χ3n) is 2.31. The summed E-state index contributed by atoms with van der Waals surface area (Å²) in [5, 5.41) is 10.7. The van der Waals surface area contributed by atoms with Gasteiger partial charge in [-0.3, -0.25) is 14.9 Å².